The Labute approximate surface area is 192 Å². The molecular formula is C27H38N4O. The molecule has 1 atom stereocenters. The predicted molar refractivity (Wildman–Crippen MR) is 137 cm³/mol. The van der Waals surface area contributed by atoms with Gasteiger partial charge in [0, 0.05) is 42.5 Å². The Bertz CT molecular complexity index is 961. The van der Waals surface area contributed by atoms with Crippen molar-refractivity contribution in [2.75, 3.05) is 12.4 Å². The van der Waals surface area contributed by atoms with Crippen LogP contribution >= 0.6 is 0 Å². The molecule has 0 saturated carbocycles. The van der Waals surface area contributed by atoms with Crippen molar-refractivity contribution in [2.24, 2.45) is 11.8 Å². The summed E-state index contributed by atoms with van der Waals surface area (Å²) in [7, 11) is 1.81. The Balaban J connectivity index is 2.09. The van der Waals surface area contributed by atoms with Gasteiger partial charge in [-0.15, -0.1) is 0 Å². The highest BCUT2D eigenvalue weighted by molar-refractivity contribution is 6.09. The van der Waals surface area contributed by atoms with Gasteiger partial charge >= 0.3 is 0 Å². The number of carbonyl (C=O) groups excluding carboxylic acids is 1. The number of anilines is 1. The molecule has 5 nitrogen and oxygen atoms in total. The summed E-state index contributed by atoms with van der Waals surface area (Å²) < 4.78 is 0. The van der Waals surface area contributed by atoms with Crippen LogP contribution in [-0.2, 0) is 4.79 Å². The number of rotatable bonds is 13. The number of pyridine rings is 1. The lowest BCUT2D eigenvalue weighted by molar-refractivity contribution is -0.120. The van der Waals surface area contributed by atoms with Crippen molar-refractivity contribution in [1.82, 2.24) is 10.3 Å². The van der Waals surface area contributed by atoms with Crippen molar-refractivity contribution < 1.29 is 4.79 Å². The number of hydrogen-bond acceptors (Lipinski definition) is 4. The lowest BCUT2D eigenvalue weighted by Crippen LogP contribution is -2.23. The molecule has 0 saturated heterocycles. The third kappa shape index (κ3) is 7.63. The van der Waals surface area contributed by atoms with Crippen molar-refractivity contribution in [3.63, 3.8) is 0 Å². The van der Waals surface area contributed by atoms with Crippen LogP contribution in [0.3, 0.4) is 0 Å². The zero-order valence-corrected chi connectivity index (χ0v) is 20.0. The molecule has 5 heteroatoms. The van der Waals surface area contributed by atoms with Crippen molar-refractivity contribution >= 4 is 34.3 Å². The fourth-order valence-electron chi connectivity index (χ4n) is 4.01. The summed E-state index contributed by atoms with van der Waals surface area (Å²) in [5.41, 5.74) is 3.01. The Morgan fingerprint density at radius 1 is 1.22 bits per heavy atom. The van der Waals surface area contributed by atoms with Gasteiger partial charge in [-0.1, -0.05) is 51.5 Å². The van der Waals surface area contributed by atoms with Crippen LogP contribution in [-0.4, -0.2) is 24.2 Å². The smallest absolute Gasteiger partial charge is 0.228 e. The lowest BCUT2D eigenvalue weighted by Gasteiger charge is -2.17. The minimum atomic E-state index is -0.0150. The number of nitrogens with zero attached hydrogens (tertiary/aromatic N) is 1. The molecule has 1 aromatic heterocycles. The molecule has 0 aliphatic carbocycles. The number of fused-ring (bicyclic) bond motifs is 1. The van der Waals surface area contributed by atoms with Crippen LogP contribution in [0.5, 0.6) is 0 Å². The van der Waals surface area contributed by atoms with E-state index in [-0.39, 0.29) is 11.8 Å². The molecule has 1 unspecified atom stereocenters. The van der Waals surface area contributed by atoms with E-state index in [1.165, 1.54) is 11.8 Å². The Morgan fingerprint density at radius 3 is 2.66 bits per heavy atom. The number of aromatic nitrogens is 1. The second-order valence-electron chi connectivity index (χ2n) is 8.88. The molecule has 0 aliphatic heterocycles. The van der Waals surface area contributed by atoms with Crippen molar-refractivity contribution in [3.05, 3.63) is 54.4 Å². The normalized spacial score (nSPS) is 12.6. The molecule has 1 amide bonds. The first-order valence-electron chi connectivity index (χ1n) is 11.6. The van der Waals surface area contributed by atoms with E-state index in [1.54, 1.807) is 12.4 Å². The molecule has 32 heavy (non-hydrogen) atoms. The molecule has 1 aromatic carbocycles. The largest absolute Gasteiger partial charge is 0.393 e. The van der Waals surface area contributed by atoms with E-state index in [0.717, 1.165) is 60.4 Å². The van der Waals surface area contributed by atoms with Crippen LogP contribution in [0.4, 0.5) is 5.82 Å². The van der Waals surface area contributed by atoms with Gasteiger partial charge in [0.2, 0.25) is 5.91 Å². The topological polar surface area (TPSA) is 77.9 Å². The van der Waals surface area contributed by atoms with Gasteiger partial charge in [0.25, 0.3) is 0 Å². The Kier molecular flexibility index (Phi) is 10.1. The van der Waals surface area contributed by atoms with Crippen molar-refractivity contribution in [2.45, 2.75) is 59.3 Å². The van der Waals surface area contributed by atoms with Crippen molar-refractivity contribution in [3.8, 4) is 0 Å². The summed E-state index contributed by atoms with van der Waals surface area (Å²) >= 11 is 0. The van der Waals surface area contributed by atoms with E-state index in [1.807, 2.05) is 31.3 Å². The molecule has 2 rings (SSSR count). The minimum Gasteiger partial charge on any atom is -0.393 e. The van der Waals surface area contributed by atoms with Gasteiger partial charge in [0.05, 0.1) is 0 Å². The van der Waals surface area contributed by atoms with Crippen LogP contribution in [0, 0.1) is 17.2 Å². The summed E-state index contributed by atoms with van der Waals surface area (Å²) in [6.45, 7) is 10.7. The number of amides is 1. The van der Waals surface area contributed by atoms with Gasteiger partial charge in [0.15, 0.2) is 0 Å². The first-order valence-corrected chi connectivity index (χ1v) is 11.6. The number of allylic oxidation sites excluding steroid dienone is 2. The van der Waals surface area contributed by atoms with E-state index < -0.39 is 0 Å². The predicted octanol–water partition coefficient (Wildman–Crippen LogP) is 6.57. The molecule has 2 aromatic rings. The third-order valence-electron chi connectivity index (χ3n) is 5.55. The quantitative estimate of drug-likeness (QED) is 0.246. The number of nitrogens with one attached hydrogen (secondary N) is 3. The monoisotopic (exact) mass is 434 g/mol. The standard InChI is InChI=1S/C27H38N4O/c1-6-8-21(10-7-9-20(4)13-19(2)3)27(32)31-26-15-24-14-22(25(16-28)17-29-5)11-12-23(24)18-30-26/h11-12,14-19,21,28-29H,4,6-10,13H2,1-3,5H3,(H,30,31,32)/b25-17+,28-16?. The summed E-state index contributed by atoms with van der Waals surface area (Å²) in [6.07, 6.45) is 10.6. The number of carbonyl (C=O) groups is 1. The summed E-state index contributed by atoms with van der Waals surface area (Å²) in [6, 6.07) is 7.89. The van der Waals surface area contributed by atoms with Gasteiger partial charge in [-0.2, -0.15) is 0 Å². The second-order valence-corrected chi connectivity index (χ2v) is 8.88. The average Bonchev–Trinajstić information content (AvgIpc) is 2.75. The van der Waals surface area contributed by atoms with Crippen LogP contribution in [0.25, 0.3) is 16.3 Å². The molecular weight excluding hydrogens is 396 g/mol. The van der Waals surface area contributed by atoms with E-state index in [9.17, 15) is 4.79 Å². The highest BCUT2D eigenvalue weighted by Crippen LogP contribution is 2.24. The summed E-state index contributed by atoms with van der Waals surface area (Å²) in [5.74, 6) is 1.22. The summed E-state index contributed by atoms with van der Waals surface area (Å²) in [5, 5.41) is 15.6. The zero-order chi connectivity index (χ0) is 23.5. The van der Waals surface area contributed by atoms with Crippen LogP contribution in [0.2, 0.25) is 0 Å². The molecule has 1 heterocycles. The first-order chi connectivity index (χ1) is 15.4. The molecule has 172 valence electrons. The Hall–Kier alpha value is -2.95. The van der Waals surface area contributed by atoms with Gasteiger partial charge in [-0.3, -0.25) is 4.79 Å². The van der Waals surface area contributed by atoms with Gasteiger partial charge in [-0.05, 0) is 61.1 Å². The maximum absolute atomic E-state index is 13.0. The highest BCUT2D eigenvalue weighted by atomic mass is 16.1. The van der Waals surface area contributed by atoms with E-state index in [0.29, 0.717) is 11.7 Å². The minimum absolute atomic E-state index is 0.0150. The van der Waals surface area contributed by atoms with Crippen LogP contribution in [0.1, 0.15) is 64.9 Å². The van der Waals surface area contributed by atoms with E-state index in [2.05, 4.69) is 43.0 Å². The molecule has 0 spiro atoms. The maximum atomic E-state index is 13.0. The van der Waals surface area contributed by atoms with Gasteiger partial charge in [0.1, 0.15) is 5.82 Å². The fourth-order valence-corrected chi connectivity index (χ4v) is 4.01. The third-order valence-corrected chi connectivity index (χ3v) is 5.55. The molecule has 0 fully saturated rings. The fraction of sp³-hybridized carbons (Fsp3) is 0.444. The van der Waals surface area contributed by atoms with Crippen LogP contribution < -0.4 is 10.6 Å². The second kappa shape index (κ2) is 12.8. The zero-order valence-electron chi connectivity index (χ0n) is 20.0. The summed E-state index contributed by atoms with van der Waals surface area (Å²) in [4.78, 5) is 17.4. The molecule has 0 radical (unpaired) electrons. The van der Waals surface area contributed by atoms with Gasteiger partial charge < -0.3 is 16.0 Å². The molecule has 3 N–H and O–H groups in total. The molecule has 0 bridgehead atoms. The number of hydrogen-bond donors (Lipinski definition) is 3. The van der Waals surface area contributed by atoms with Crippen molar-refractivity contribution in [1.29, 1.82) is 5.41 Å². The molecule has 0 aliphatic rings. The SMILES string of the molecule is C=C(CCCC(CCC)C(=O)Nc1cc2cc(/C(C=N)=C/NC)ccc2cn1)CC(C)C. The van der Waals surface area contributed by atoms with E-state index >= 15 is 0 Å². The van der Waals surface area contributed by atoms with Gasteiger partial charge in [-0.25, -0.2) is 4.98 Å². The lowest BCUT2D eigenvalue weighted by atomic mass is 9.93. The van der Waals surface area contributed by atoms with E-state index in [4.69, 9.17) is 5.41 Å². The van der Waals surface area contributed by atoms with Crippen LogP contribution in [0.15, 0.2) is 48.8 Å². The number of benzene rings is 1. The average molecular weight is 435 g/mol. The first kappa shape index (κ1) is 25.3. The Morgan fingerprint density at radius 2 is 2.00 bits per heavy atom. The highest BCUT2D eigenvalue weighted by Gasteiger charge is 2.18. The maximum Gasteiger partial charge on any atom is 0.228 e.